The second kappa shape index (κ2) is 6.02. The van der Waals surface area contributed by atoms with Crippen molar-refractivity contribution in [1.82, 2.24) is 4.89 Å². The van der Waals surface area contributed by atoms with Crippen molar-refractivity contribution < 1.29 is 13.3 Å². The molecular weight excluding hydrogens is 274 g/mol. The maximum Gasteiger partial charge on any atom is 0.237 e. The number of hydrogen-bond acceptors (Lipinski definition) is 3. The van der Waals surface area contributed by atoms with E-state index in [0.717, 1.165) is 25.7 Å². The van der Waals surface area contributed by atoms with Gasteiger partial charge in [0.15, 0.2) is 0 Å². The average molecular weight is 290 g/mol. The zero-order valence-corrected chi connectivity index (χ0v) is 11.5. The van der Waals surface area contributed by atoms with E-state index in [-0.39, 0.29) is 11.9 Å². The summed E-state index contributed by atoms with van der Waals surface area (Å²) in [6, 6.07) is 6.72. The van der Waals surface area contributed by atoms with Crippen LogP contribution in [0.4, 0.5) is 0 Å². The molecule has 1 N–H and O–H groups in total. The summed E-state index contributed by atoms with van der Waals surface area (Å²) in [5.41, 5.74) is 0.682. The van der Waals surface area contributed by atoms with Gasteiger partial charge in [-0.05, 0) is 30.5 Å². The highest BCUT2D eigenvalue weighted by molar-refractivity contribution is 7.88. The first-order chi connectivity index (χ1) is 8.55. The van der Waals surface area contributed by atoms with Gasteiger partial charge in [0.05, 0.1) is 11.9 Å². The van der Waals surface area contributed by atoms with Crippen molar-refractivity contribution in [3.05, 3.63) is 34.9 Å². The normalized spacial score (nSPS) is 17.2. The predicted octanol–water partition coefficient (Wildman–Crippen LogP) is 2.63. The van der Waals surface area contributed by atoms with E-state index in [9.17, 15) is 8.42 Å². The summed E-state index contributed by atoms with van der Waals surface area (Å²) in [5, 5.41) is 0.589. The fraction of sp³-hybridized carbons (Fsp3) is 0.500. The van der Waals surface area contributed by atoms with Gasteiger partial charge in [0.1, 0.15) is 0 Å². The van der Waals surface area contributed by atoms with E-state index in [1.54, 1.807) is 24.3 Å². The third-order valence-electron chi connectivity index (χ3n) is 2.91. The van der Waals surface area contributed by atoms with Crippen LogP contribution < -0.4 is 4.89 Å². The first-order valence-corrected chi connectivity index (χ1v) is 7.98. The standard InChI is InChI=1S/C12H16ClNO3S/c13-11-7-5-10(6-8-11)9-18(15,16)14-17-12-3-1-2-4-12/h5-8,12,14H,1-4,9H2. The van der Waals surface area contributed by atoms with E-state index in [1.165, 1.54) is 0 Å². The van der Waals surface area contributed by atoms with Gasteiger partial charge in [-0.1, -0.05) is 41.5 Å². The molecule has 1 saturated carbocycles. The van der Waals surface area contributed by atoms with Crippen LogP contribution in [0.15, 0.2) is 24.3 Å². The molecule has 18 heavy (non-hydrogen) atoms. The first-order valence-electron chi connectivity index (χ1n) is 5.95. The molecule has 4 nitrogen and oxygen atoms in total. The number of sulfonamides is 1. The lowest BCUT2D eigenvalue weighted by atomic mass is 10.2. The van der Waals surface area contributed by atoms with Crippen molar-refractivity contribution in [2.24, 2.45) is 0 Å². The SMILES string of the molecule is O=S(=O)(Cc1ccc(Cl)cc1)NOC1CCCC1. The summed E-state index contributed by atoms with van der Waals surface area (Å²) in [6.45, 7) is 0. The van der Waals surface area contributed by atoms with Crippen LogP contribution in [-0.2, 0) is 20.6 Å². The molecule has 0 atom stereocenters. The highest BCUT2D eigenvalue weighted by Crippen LogP contribution is 2.20. The van der Waals surface area contributed by atoms with Crippen LogP contribution in [-0.4, -0.2) is 14.5 Å². The summed E-state index contributed by atoms with van der Waals surface area (Å²) in [4.78, 5) is 7.40. The average Bonchev–Trinajstić information content (AvgIpc) is 2.83. The molecular formula is C12H16ClNO3S. The minimum atomic E-state index is -3.45. The van der Waals surface area contributed by atoms with Gasteiger partial charge in [0.2, 0.25) is 10.0 Å². The number of hydrogen-bond donors (Lipinski definition) is 1. The molecule has 0 aromatic heterocycles. The minimum absolute atomic E-state index is 0.0185. The Morgan fingerprint density at radius 1 is 1.22 bits per heavy atom. The second-order valence-corrected chi connectivity index (χ2v) is 6.61. The predicted molar refractivity (Wildman–Crippen MR) is 70.6 cm³/mol. The Kier molecular flexibility index (Phi) is 4.61. The molecule has 0 saturated heterocycles. The molecule has 100 valence electrons. The largest absolute Gasteiger partial charge is 0.284 e. The van der Waals surface area contributed by atoms with Gasteiger partial charge in [-0.3, -0.25) is 4.84 Å². The van der Waals surface area contributed by atoms with Gasteiger partial charge in [0, 0.05) is 5.02 Å². The summed E-state index contributed by atoms with van der Waals surface area (Å²) in [5.74, 6) is -0.100. The molecule has 0 bridgehead atoms. The molecule has 0 heterocycles. The quantitative estimate of drug-likeness (QED) is 0.848. The molecule has 1 fully saturated rings. The molecule has 2 rings (SSSR count). The third kappa shape index (κ3) is 4.24. The van der Waals surface area contributed by atoms with Crippen LogP contribution in [0.1, 0.15) is 31.2 Å². The molecule has 1 aromatic rings. The smallest absolute Gasteiger partial charge is 0.237 e. The van der Waals surface area contributed by atoms with Gasteiger partial charge < -0.3 is 0 Å². The van der Waals surface area contributed by atoms with Gasteiger partial charge in [-0.15, -0.1) is 0 Å². The zero-order chi connectivity index (χ0) is 13.0. The van der Waals surface area contributed by atoms with Gasteiger partial charge in [-0.2, -0.15) is 0 Å². The van der Waals surface area contributed by atoms with Crippen molar-refractivity contribution >= 4 is 21.6 Å². The summed E-state index contributed by atoms with van der Waals surface area (Å²) in [7, 11) is -3.45. The Morgan fingerprint density at radius 3 is 2.44 bits per heavy atom. The second-order valence-electron chi connectivity index (χ2n) is 4.49. The molecule has 0 spiro atoms. The number of benzene rings is 1. The molecule has 0 amide bonds. The number of halogens is 1. The lowest BCUT2D eigenvalue weighted by Gasteiger charge is -2.12. The Morgan fingerprint density at radius 2 is 1.83 bits per heavy atom. The zero-order valence-electron chi connectivity index (χ0n) is 9.93. The maximum atomic E-state index is 11.8. The fourth-order valence-corrected chi connectivity index (χ4v) is 3.08. The Bertz CT molecular complexity index is 481. The lowest BCUT2D eigenvalue weighted by Crippen LogP contribution is -2.29. The van der Waals surface area contributed by atoms with Gasteiger partial charge >= 0.3 is 0 Å². The molecule has 1 aromatic carbocycles. The molecule has 0 aliphatic heterocycles. The highest BCUT2D eigenvalue weighted by atomic mass is 35.5. The van der Waals surface area contributed by atoms with E-state index in [2.05, 4.69) is 4.89 Å². The molecule has 0 radical (unpaired) electrons. The molecule has 0 unspecified atom stereocenters. The molecule has 1 aliphatic carbocycles. The van der Waals surface area contributed by atoms with Crippen LogP contribution in [0, 0.1) is 0 Å². The van der Waals surface area contributed by atoms with E-state index < -0.39 is 10.0 Å². The third-order valence-corrected chi connectivity index (χ3v) is 4.23. The van der Waals surface area contributed by atoms with Crippen LogP contribution in [0.3, 0.4) is 0 Å². The summed E-state index contributed by atoms with van der Waals surface area (Å²) in [6.07, 6.45) is 4.06. The van der Waals surface area contributed by atoms with Crippen molar-refractivity contribution in [1.29, 1.82) is 0 Å². The van der Waals surface area contributed by atoms with Crippen molar-refractivity contribution in [3.8, 4) is 0 Å². The first kappa shape index (κ1) is 13.8. The summed E-state index contributed by atoms with van der Waals surface area (Å²) < 4.78 is 23.5. The van der Waals surface area contributed by atoms with E-state index in [0.29, 0.717) is 10.6 Å². The van der Waals surface area contributed by atoms with Crippen LogP contribution >= 0.6 is 11.6 Å². The van der Waals surface area contributed by atoms with Gasteiger partial charge in [0.25, 0.3) is 0 Å². The van der Waals surface area contributed by atoms with Crippen LogP contribution in [0.2, 0.25) is 5.02 Å². The maximum absolute atomic E-state index is 11.8. The van der Waals surface area contributed by atoms with Crippen LogP contribution in [0.25, 0.3) is 0 Å². The number of rotatable bonds is 5. The van der Waals surface area contributed by atoms with E-state index in [4.69, 9.17) is 16.4 Å². The van der Waals surface area contributed by atoms with E-state index >= 15 is 0 Å². The van der Waals surface area contributed by atoms with Gasteiger partial charge in [-0.25, -0.2) is 8.42 Å². The molecule has 1 aliphatic rings. The van der Waals surface area contributed by atoms with Crippen LogP contribution in [0.5, 0.6) is 0 Å². The Balaban J connectivity index is 1.88. The monoisotopic (exact) mass is 289 g/mol. The Labute approximate surface area is 112 Å². The lowest BCUT2D eigenvalue weighted by molar-refractivity contribution is 0.0222. The number of nitrogens with one attached hydrogen (secondary N) is 1. The molecule has 6 heteroatoms. The Hall–Kier alpha value is -0.620. The topological polar surface area (TPSA) is 55.4 Å². The minimum Gasteiger partial charge on any atom is -0.284 e. The van der Waals surface area contributed by atoms with Crippen molar-refractivity contribution in [3.63, 3.8) is 0 Å². The van der Waals surface area contributed by atoms with E-state index in [1.807, 2.05) is 0 Å². The summed E-state index contributed by atoms with van der Waals surface area (Å²) >= 11 is 5.74. The van der Waals surface area contributed by atoms with Crippen molar-refractivity contribution in [2.45, 2.75) is 37.5 Å². The fourth-order valence-electron chi connectivity index (χ4n) is 1.98. The van der Waals surface area contributed by atoms with Crippen molar-refractivity contribution in [2.75, 3.05) is 0 Å². The highest BCUT2D eigenvalue weighted by Gasteiger charge is 2.19.